The number of hydrogen-bond acceptors (Lipinski definition) is 4. The normalized spacial score (nSPS) is 12.9. The fraction of sp³-hybridized carbons (Fsp3) is 0.269. The van der Waals surface area contributed by atoms with Gasteiger partial charge in [0.2, 0.25) is 0 Å². The molecule has 2 aliphatic rings. The standard InChI is InChI=1S/C20H15NO4.2C3H6/c1-25-20(24)16-12-15(13-8-4-2-5-9-13)17(19(22)23)18(21-16)14-10-6-3-7-11-14;2*1-2-3-1/h2-12H,1H3,(H,22,23);2*1-3H2. The van der Waals surface area contributed by atoms with Gasteiger partial charge in [0, 0.05) is 11.1 Å². The Hall–Kier alpha value is -3.47. The minimum Gasteiger partial charge on any atom is -0.478 e. The van der Waals surface area contributed by atoms with E-state index in [1.807, 2.05) is 12.1 Å². The first-order valence-corrected chi connectivity index (χ1v) is 10.6. The number of carboxylic acids is 1. The van der Waals surface area contributed by atoms with Crippen molar-refractivity contribution in [3.05, 3.63) is 78.0 Å². The maximum atomic E-state index is 12.0. The molecule has 3 aromatic rings. The molecule has 5 nitrogen and oxygen atoms in total. The van der Waals surface area contributed by atoms with Gasteiger partial charge in [-0.25, -0.2) is 14.6 Å². The smallest absolute Gasteiger partial charge is 0.356 e. The van der Waals surface area contributed by atoms with E-state index in [2.05, 4.69) is 4.98 Å². The van der Waals surface area contributed by atoms with Gasteiger partial charge in [-0.05, 0) is 11.6 Å². The number of carbonyl (C=O) groups is 2. The second-order valence-electron chi connectivity index (χ2n) is 7.43. The molecule has 0 saturated heterocycles. The highest BCUT2D eigenvalue weighted by atomic mass is 16.5. The maximum absolute atomic E-state index is 12.0. The average Bonchev–Trinajstić information content (AvgIpc) is 3.70. The fourth-order valence-electron chi connectivity index (χ4n) is 2.62. The quantitative estimate of drug-likeness (QED) is 0.508. The van der Waals surface area contributed by atoms with Crippen molar-refractivity contribution in [1.82, 2.24) is 4.98 Å². The molecule has 1 aromatic heterocycles. The lowest BCUT2D eigenvalue weighted by Crippen LogP contribution is -2.11. The van der Waals surface area contributed by atoms with Crippen molar-refractivity contribution in [2.75, 3.05) is 7.11 Å². The SMILES string of the molecule is C1CC1.C1CC1.COC(=O)c1cc(-c2ccccc2)c(C(=O)O)c(-c2ccccc2)n1. The third-order valence-corrected chi connectivity index (χ3v) is 4.47. The van der Waals surface area contributed by atoms with E-state index in [0.29, 0.717) is 16.7 Å². The van der Waals surface area contributed by atoms with Crippen LogP contribution in [0.4, 0.5) is 0 Å². The van der Waals surface area contributed by atoms with Gasteiger partial charge >= 0.3 is 11.9 Å². The van der Waals surface area contributed by atoms with Crippen LogP contribution in [0.1, 0.15) is 59.4 Å². The molecule has 5 heteroatoms. The van der Waals surface area contributed by atoms with Crippen molar-refractivity contribution < 1.29 is 19.4 Å². The van der Waals surface area contributed by atoms with Gasteiger partial charge in [0.1, 0.15) is 5.69 Å². The molecule has 1 N–H and O–H groups in total. The van der Waals surface area contributed by atoms with E-state index in [-0.39, 0.29) is 17.0 Å². The lowest BCUT2D eigenvalue weighted by Gasteiger charge is -2.13. The summed E-state index contributed by atoms with van der Waals surface area (Å²) in [4.78, 5) is 28.3. The third kappa shape index (κ3) is 6.78. The number of rotatable bonds is 4. The van der Waals surface area contributed by atoms with Gasteiger partial charge < -0.3 is 9.84 Å². The Kier molecular flexibility index (Phi) is 7.93. The Bertz CT molecular complexity index is 940. The van der Waals surface area contributed by atoms with Gasteiger partial charge in [-0.2, -0.15) is 0 Å². The summed E-state index contributed by atoms with van der Waals surface area (Å²) in [7, 11) is 1.26. The lowest BCUT2D eigenvalue weighted by atomic mass is 9.95. The Labute approximate surface area is 182 Å². The number of pyridine rings is 1. The Morgan fingerprint density at radius 2 is 1.29 bits per heavy atom. The highest BCUT2D eigenvalue weighted by molar-refractivity contribution is 6.04. The van der Waals surface area contributed by atoms with Crippen molar-refractivity contribution in [3.63, 3.8) is 0 Å². The van der Waals surface area contributed by atoms with Gasteiger partial charge in [-0.1, -0.05) is 99.2 Å². The molecular weight excluding hydrogens is 390 g/mol. The van der Waals surface area contributed by atoms with E-state index in [9.17, 15) is 14.7 Å². The Morgan fingerprint density at radius 1 is 0.806 bits per heavy atom. The van der Waals surface area contributed by atoms with Gasteiger partial charge in [-0.15, -0.1) is 0 Å². The molecule has 2 saturated carbocycles. The van der Waals surface area contributed by atoms with Crippen molar-refractivity contribution in [2.24, 2.45) is 0 Å². The molecule has 160 valence electrons. The molecule has 0 bridgehead atoms. The van der Waals surface area contributed by atoms with Crippen LogP contribution in [0.3, 0.4) is 0 Å². The molecule has 31 heavy (non-hydrogen) atoms. The highest BCUT2D eigenvalue weighted by Crippen LogP contribution is 2.32. The topological polar surface area (TPSA) is 76.5 Å². The number of benzene rings is 2. The molecule has 2 aliphatic carbocycles. The first kappa shape index (κ1) is 22.2. The summed E-state index contributed by atoms with van der Waals surface area (Å²) in [5.41, 5.74) is 2.06. The largest absolute Gasteiger partial charge is 0.478 e. The van der Waals surface area contributed by atoms with Crippen LogP contribution in [0.15, 0.2) is 66.7 Å². The van der Waals surface area contributed by atoms with Crippen molar-refractivity contribution in [3.8, 4) is 22.4 Å². The van der Waals surface area contributed by atoms with E-state index in [1.165, 1.54) is 51.7 Å². The Balaban J connectivity index is 0.000000389. The van der Waals surface area contributed by atoms with Crippen LogP contribution in [0.2, 0.25) is 0 Å². The summed E-state index contributed by atoms with van der Waals surface area (Å²) < 4.78 is 4.77. The molecule has 0 unspecified atom stereocenters. The minimum atomic E-state index is -1.11. The summed E-state index contributed by atoms with van der Waals surface area (Å²) in [5.74, 6) is -1.73. The number of esters is 1. The average molecular weight is 418 g/mol. The molecular formula is C26H27NO4. The maximum Gasteiger partial charge on any atom is 0.356 e. The van der Waals surface area contributed by atoms with E-state index >= 15 is 0 Å². The number of aromatic nitrogens is 1. The number of carboxylic acid groups (broad SMARTS) is 1. The zero-order valence-corrected chi connectivity index (χ0v) is 17.7. The van der Waals surface area contributed by atoms with Crippen LogP contribution in [0.25, 0.3) is 22.4 Å². The number of aromatic carboxylic acids is 1. The summed E-state index contributed by atoms with van der Waals surface area (Å²) in [6.07, 6.45) is 9.00. The van der Waals surface area contributed by atoms with Crippen LogP contribution in [0, 0.1) is 0 Å². The molecule has 0 aliphatic heterocycles. The molecule has 0 spiro atoms. The van der Waals surface area contributed by atoms with E-state index in [1.54, 1.807) is 48.5 Å². The van der Waals surface area contributed by atoms with Crippen molar-refractivity contribution in [2.45, 2.75) is 38.5 Å². The predicted molar refractivity (Wildman–Crippen MR) is 121 cm³/mol. The van der Waals surface area contributed by atoms with Gasteiger partial charge in [0.05, 0.1) is 18.4 Å². The monoisotopic (exact) mass is 417 g/mol. The van der Waals surface area contributed by atoms with Crippen LogP contribution < -0.4 is 0 Å². The van der Waals surface area contributed by atoms with Gasteiger partial charge in [0.25, 0.3) is 0 Å². The Morgan fingerprint density at radius 3 is 1.71 bits per heavy atom. The molecule has 0 amide bonds. The second-order valence-corrected chi connectivity index (χ2v) is 7.43. The fourth-order valence-corrected chi connectivity index (χ4v) is 2.62. The number of methoxy groups -OCH3 is 1. The molecule has 0 radical (unpaired) electrons. The number of ether oxygens (including phenoxy) is 1. The summed E-state index contributed by atoms with van der Waals surface area (Å²) >= 11 is 0. The van der Waals surface area contributed by atoms with E-state index in [4.69, 9.17) is 4.74 Å². The zero-order valence-electron chi connectivity index (χ0n) is 17.7. The highest BCUT2D eigenvalue weighted by Gasteiger charge is 2.23. The number of carbonyl (C=O) groups excluding carboxylic acids is 1. The molecule has 2 aromatic carbocycles. The van der Waals surface area contributed by atoms with Crippen LogP contribution >= 0.6 is 0 Å². The van der Waals surface area contributed by atoms with E-state index in [0.717, 1.165) is 0 Å². The molecule has 0 atom stereocenters. The summed E-state index contributed by atoms with van der Waals surface area (Å²) in [6, 6.07) is 19.4. The summed E-state index contributed by atoms with van der Waals surface area (Å²) in [5, 5.41) is 9.80. The third-order valence-electron chi connectivity index (χ3n) is 4.47. The molecule has 2 fully saturated rings. The zero-order chi connectivity index (χ0) is 22.1. The number of nitrogens with zero attached hydrogens (tertiary/aromatic N) is 1. The molecule has 1 heterocycles. The minimum absolute atomic E-state index is 0.0463. The van der Waals surface area contributed by atoms with E-state index < -0.39 is 11.9 Å². The second kappa shape index (κ2) is 11.1. The van der Waals surface area contributed by atoms with Gasteiger partial charge in [0.15, 0.2) is 0 Å². The first-order valence-electron chi connectivity index (χ1n) is 10.6. The van der Waals surface area contributed by atoms with Crippen LogP contribution in [-0.2, 0) is 4.74 Å². The lowest BCUT2D eigenvalue weighted by molar-refractivity contribution is 0.0592. The van der Waals surface area contributed by atoms with Crippen molar-refractivity contribution in [1.29, 1.82) is 0 Å². The molecule has 5 rings (SSSR count). The number of hydrogen-bond donors (Lipinski definition) is 1. The summed E-state index contributed by atoms with van der Waals surface area (Å²) in [6.45, 7) is 0. The van der Waals surface area contributed by atoms with Crippen LogP contribution in [-0.4, -0.2) is 29.1 Å². The van der Waals surface area contributed by atoms with Crippen molar-refractivity contribution >= 4 is 11.9 Å². The first-order chi connectivity index (χ1) is 15.1. The predicted octanol–water partition coefficient (Wildman–Crippen LogP) is 6.24. The van der Waals surface area contributed by atoms with Crippen LogP contribution in [0.5, 0.6) is 0 Å². The van der Waals surface area contributed by atoms with Gasteiger partial charge in [-0.3, -0.25) is 0 Å².